The molecule has 3 nitrogen and oxygen atoms in total. The van der Waals surface area contributed by atoms with Crippen molar-refractivity contribution in [1.82, 2.24) is 4.72 Å². The van der Waals surface area contributed by atoms with Crippen LogP contribution in [0.3, 0.4) is 0 Å². The van der Waals surface area contributed by atoms with Gasteiger partial charge in [0.1, 0.15) is 0 Å². The average molecular weight is 248 g/mol. The van der Waals surface area contributed by atoms with Crippen LogP contribution in [0.4, 0.5) is 0 Å². The Morgan fingerprint density at radius 2 is 1.87 bits per heavy atom. The van der Waals surface area contributed by atoms with E-state index in [1.165, 1.54) is 0 Å². The summed E-state index contributed by atoms with van der Waals surface area (Å²) < 4.78 is 26.0. The van der Waals surface area contributed by atoms with Gasteiger partial charge in [-0.2, -0.15) is 0 Å². The van der Waals surface area contributed by atoms with Gasteiger partial charge in [-0.15, -0.1) is 0 Å². The van der Waals surface area contributed by atoms with Crippen LogP contribution >= 0.6 is 11.6 Å². The monoisotopic (exact) mass is 247 g/mol. The van der Waals surface area contributed by atoms with Gasteiger partial charge in [-0.1, -0.05) is 18.5 Å². The summed E-state index contributed by atoms with van der Waals surface area (Å²) in [6.45, 7) is 5.64. The molecule has 84 valence electrons. The lowest BCUT2D eigenvalue weighted by Crippen LogP contribution is -2.24. The normalized spacial score (nSPS) is 11.7. The van der Waals surface area contributed by atoms with E-state index in [2.05, 4.69) is 4.72 Å². The summed E-state index contributed by atoms with van der Waals surface area (Å²) in [4.78, 5) is 0.297. The third-order valence-corrected chi connectivity index (χ3v) is 4.17. The number of hydrogen-bond donors (Lipinski definition) is 1. The van der Waals surface area contributed by atoms with Crippen LogP contribution in [0.1, 0.15) is 18.1 Å². The molecule has 5 heteroatoms. The first-order valence-electron chi connectivity index (χ1n) is 4.65. The fourth-order valence-corrected chi connectivity index (χ4v) is 2.88. The summed E-state index contributed by atoms with van der Waals surface area (Å²) in [6.07, 6.45) is 0. The van der Waals surface area contributed by atoms with E-state index in [1.54, 1.807) is 32.9 Å². The molecule has 0 aliphatic heterocycles. The second-order valence-corrected chi connectivity index (χ2v) is 5.51. The van der Waals surface area contributed by atoms with E-state index in [9.17, 15) is 8.42 Å². The second kappa shape index (κ2) is 4.51. The van der Waals surface area contributed by atoms with E-state index in [0.29, 0.717) is 22.0 Å². The van der Waals surface area contributed by atoms with E-state index in [1.807, 2.05) is 0 Å². The summed E-state index contributed by atoms with van der Waals surface area (Å²) in [7, 11) is -3.39. The van der Waals surface area contributed by atoms with Crippen LogP contribution in [-0.2, 0) is 10.0 Å². The van der Waals surface area contributed by atoms with Crippen molar-refractivity contribution >= 4 is 21.6 Å². The van der Waals surface area contributed by atoms with Crippen molar-refractivity contribution in [2.45, 2.75) is 25.7 Å². The van der Waals surface area contributed by atoms with Gasteiger partial charge in [0, 0.05) is 11.6 Å². The molecule has 0 heterocycles. The Hall–Kier alpha value is -0.580. The molecule has 1 N–H and O–H groups in total. The number of hydrogen-bond acceptors (Lipinski definition) is 2. The Bertz CT molecular complexity index is 469. The minimum atomic E-state index is -3.39. The molecule has 1 rings (SSSR count). The number of rotatable bonds is 3. The molecule has 0 spiro atoms. The Balaban J connectivity index is 3.33. The highest BCUT2D eigenvalue weighted by atomic mass is 35.5. The van der Waals surface area contributed by atoms with Crippen molar-refractivity contribution < 1.29 is 8.42 Å². The first-order chi connectivity index (χ1) is 6.88. The molecule has 0 saturated carbocycles. The fourth-order valence-electron chi connectivity index (χ4n) is 1.31. The number of aryl methyl sites for hydroxylation is 2. The number of sulfonamides is 1. The molecule has 15 heavy (non-hydrogen) atoms. The third-order valence-electron chi connectivity index (χ3n) is 2.08. The summed E-state index contributed by atoms with van der Waals surface area (Å²) in [5.74, 6) is 0. The summed E-state index contributed by atoms with van der Waals surface area (Å²) >= 11 is 5.90. The van der Waals surface area contributed by atoms with Gasteiger partial charge >= 0.3 is 0 Å². The van der Waals surface area contributed by atoms with Crippen molar-refractivity contribution in [3.63, 3.8) is 0 Å². The molecule has 0 fully saturated rings. The molecule has 0 aliphatic rings. The Labute approximate surface area is 95.5 Å². The summed E-state index contributed by atoms with van der Waals surface area (Å²) in [5, 5.41) is 0.586. The van der Waals surface area contributed by atoms with Gasteiger partial charge in [0.05, 0.1) is 4.90 Å². The maximum Gasteiger partial charge on any atom is 0.240 e. The molecule has 0 saturated heterocycles. The molecule has 0 unspecified atom stereocenters. The summed E-state index contributed by atoms with van der Waals surface area (Å²) in [5.41, 5.74) is 1.42. The molecule has 0 bridgehead atoms. The van der Waals surface area contributed by atoms with Crippen molar-refractivity contribution in [2.24, 2.45) is 0 Å². The number of benzene rings is 1. The van der Waals surface area contributed by atoms with Gasteiger partial charge < -0.3 is 0 Å². The smallest absolute Gasteiger partial charge is 0.211 e. The van der Waals surface area contributed by atoms with Crippen molar-refractivity contribution in [3.05, 3.63) is 28.3 Å². The van der Waals surface area contributed by atoms with Crippen LogP contribution in [0.5, 0.6) is 0 Å². The van der Waals surface area contributed by atoms with Crippen LogP contribution in [0.15, 0.2) is 17.0 Å². The standard InChI is InChI=1S/C10H14ClNO2S/c1-4-12-15(13,14)10-6-7(2)9(11)5-8(10)3/h5-6,12H,4H2,1-3H3. The number of halogens is 1. The topological polar surface area (TPSA) is 46.2 Å². The molecular formula is C10H14ClNO2S. The maximum atomic E-state index is 11.8. The van der Waals surface area contributed by atoms with E-state index >= 15 is 0 Å². The average Bonchev–Trinajstić information content (AvgIpc) is 2.11. The minimum absolute atomic E-state index is 0.297. The Kier molecular flexibility index (Phi) is 3.76. The molecule has 1 aromatic rings. The first-order valence-corrected chi connectivity index (χ1v) is 6.51. The number of nitrogens with one attached hydrogen (secondary N) is 1. The van der Waals surface area contributed by atoms with Crippen LogP contribution in [0, 0.1) is 13.8 Å². The van der Waals surface area contributed by atoms with Gasteiger partial charge in [0.15, 0.2) is 0 Å². The highest BCUT2D eigenvalue weighted by Gasteiger charge is 2.16. The van der Waals surface area contributed by atoms with E-state index in [0.717, 1.165) is 5.56 Å². The lowest BCUT2D eigenvalue weighted by Gasteiger charge is -2.09. The predicted octanol–water partition coefficient (Wildman–Crippen LogP) is 2.26. The van der Waals surface area contributed by atoms with Crippen molar-refractivity contribution in [2.75, 3.05) is 6.54 Å². The van der Waals surface area contributed by atoms with E-state index in [-0.39, 0.29) is 0 Å². The molecule has 1 aromatic carbocycles. The lowest BCUT2D eigenvalue weighted by atomic mass is 10.2. The van der Waals surface area contributed by atoms with Crippen LogP contribution < -0.4 is 4.72 Å². The zero-order valence-electron chi connectivity index (χ0n) is 8.96. The fraction of sp³-hybridized carbons (Fsp3) is 0.400. The SMILES string of the molecule is CCNS(=O)(=O)c1cc(C)c(Cl)cc1C. The van der Waals surface area contributed by atoms with Crippen molar-refractivity contribution in [3.8, 4) is 0 Å². The second-order valence-electron chi connectivity index (χ2n) is 3.37. The predicted molar refractivity (Wildman–Crippen MR) is 61.8 cm³/mol. The molecule has 0 aromatic heterocycles. The molecule has 0 aliphatic carbocycles. The maximum absolute atomic E-state index is 11.8. The first kappa shape index (κ1) is 12.5. The third kappa shape index (κ3) is 2.71. The lowest BCUT2D eigenvalue weighted by molar-refractivity contribution is 0.583. The van der Waals surface area contributed by atoms with Crippen LogP contribution in [0.2, 0.25) is 5.02 Å². The summed E-state index contributed by atoms with van der Waals surface area (Å²) in [6, 6.07) is 3.26. The molecule has 0 atom stereocenters. The van der Waals surface area contributed by atoms with Gasteiger partial charge in [0.25, 0.3) is 0 Å². The zero-order chi connectivity index (χ0) is 11.6. The van der Waals surface area contributed by atoms with Gasteiger partial charge in [-0.05, 0) is 37.1 Å². The quantitative estimate of drug-likeness (QED) is 0.891. The Morgan fingerprint density at radius 3 is 2.40 bits per heavy atom. The molecule has 0 amide bonds. The van der Waals surface area contributed by atoms with Gasteiger partial charge in [-0.3, -0.25) is 0 Å². The van der Waals surface area contributed by atoms with Crippen LogP contribution in [0.25, 0.3) is 0 Å². The van der Waals surface area contributed by atoms with Crippen molar-refractivity contribution in [1.29, 1.82) is 0 Å². The largest absolute Gasteiger partial charge is 0.240 e. The highest BCUT2D eigenvalue weighted by Crippen LogP contribution is 2.23. The highest BCUT2D eigenvalue weighted by molar-refractivity contribution is 7.89. The zero-order valence-corrected chi connectivity index (χ0v) is 10.5. The van der Waals surface area contributed by atoms with E-state index < -0.39 is 10.0 Å². The molecule has 0 radical (unpaired) electrons. The van der Waals surface area contributed by atoms with Crippen LogP contribution in [-0.4, -0.2) is 15.0 Å². The van der Waals surface area contributed by atoms with Gasteiger partial charge in [-0.25, -0.2) is 13.1 Å². The molecular weight excluding hydrogens is 234 g/mol. The van der Waals surface area contributed by atoms with Gasteiger partial charge in [0.2, 0.25) is 10.0 Å². The minimum Gasteiger partial charge on any atom is -0.211 e. The Morgan fingerprint density at radius 1 is 1.27 bits per heavy atom. The van der Waals surface area contributed by atoms with E-state index in [4.69, 9.17) is 11.6 Å².